The van der Waals surface area contributed by atoms with Crippen LogP contribution in [0.4, 0.5) is 14.5 Å². The minimum atomic E-state index is -0.704. The van der Waals surface area contributed by atoms with Gasteiger partial charge in [-0.3, -0.25) is 19.5 Å². The van der Waals surface area contributed by atoms with Gasteiger partial charge < -0.3 is 15.2 Å². The summed E-state index contributed by atoms with van der Waals surface area (Å²) >= 11 is 0. The number of carbonyl (C=O) groups is 1. The molecule has 0 radical (unpaired) electrons. The standard InChI is InChI=1S/C21H23F2N7O2/c1-3-12-21(32)28-18-14(26-12)10-25-15(17(18)22)11-29-6-8-30(9-7-29)16-5-4-13(20(31)24-2)27-19(16)23/h4-5,10H,3,6-9,11H2,1-2H3,(H,24,31)(H,28,32). The number of carbonyl (C=O) groups excluding carboxylic acids is 1. The molecule has 9 nitrogen and oxygen atoms in total. The number of piperazine rings is 1. The maximum absolute atomic E-state index is 15.0. The second-order valence-corrected chi connectivity index (χ2v) is 7.49. The number of halogens is 2. The van der Waals surface area contributed by atoms with Crippen molar-refractivity contribution in [3.05, 3.63) is 57.5 Å². The van der Waals surface area contributed by atoms with Crippen LogP contribution in [0.15, 0.2) is 23.1 Å². The topological polar surface area (TPSA) is 107 Å². The Hall–Kier alpha value is -3.47. The smallest absolute Gasteiger partial charge is 0.270 e. The van der Waals surface area contributed by atoms with Crippen LogP contribution in [-0.2, 0) is 13.0 Å². The van der Waals surface area contributed by atoms with Crippen LogP contribution in [0.3, 0.4) is 0 Å². The van der Waals surface area contributed by atoms with E-state index in [2.05, 4.69) is 25.3 Å². The summed E-state index contributed by atoms with van der Waals surface area (Å²) in [4.78, 5) is 42.2. The maximum Gasteiger partial charge on any atom is 0.270 e. The quantitative estimate of drug-likeness (QED) is 0.572. The van der Waals surface area contributed by atoms with E-state index in [1.165, 1.54) is 19.3 Å². The van der Waals surface area contributed by atoms with Crippen molar-refractivity contribution in [2.75, 3.05) is 38.1 Å². The second kappa shape index (κ2) is 8.95. The van der Waals surface area contributed by atoms with Crippen molar-refractivity contribution < 1.29 is 13.6 Å². The zero-order chi connectivity index (χ0) is 22.8. The number of pyridine rings is 2. The third kappa shape index (κ3) is 4.15. The lowest BCUT2D eigenvalue weighted by Gasteiger charge is -2.35. The number of amides is 1. The number of H-pyrrole nitrogens is 1. The van der Waals surface area contributed by atoms with Gasteiger partial charge in [0.15, 0.2) is 5.82 Å². The molecular weight excluding hydrogens is 420 g/mol. The third-order valence-corrected chi connectivity index (χ3v) is 5.54. The van der Waals surface area contributed by atoms with E-state index in [-0.39, 0.29) is 23.4 Å². The number of hydrogen-bond acceptors (Lipinski definition) is 7. The maximum atomic E-state index is 15.0. The number of aromatic amines is 1. The molecule has 3 aromatic heterocycles. The summed E-state index contributed by atoms with van der Waals surface area (Å²) in [7, 11) is 1.46. The van der Waals surface area contributed by atoms with Gasteiger partial charge in [0.2, 0.25) is 5.95 Å². The Morgan fingerprint density at radius 3 is 2.56 bits per heavy atom. The molecule has 4 rings (SSSR count). The first-order chi connectivity index (χ1) is 15.4. The summed E-state index contributed by atoms with van der Waals surface area (Å²) in [5, 5.41) is 2.41. The molecule has 0 spiro atoms. The predicted molar refractivity (Wildman–Crippen MR) is 115 cm³/mol. The molecule has 0 saturated carbocycles. The number of hydrogen-bond donors (Lipinski definition) is 2. The highest BCUT2D eigenvalue weighted by Gasteiger charge is 2.23. The van der Waals surface area contributed by atoms with Crippen LogP contribution in [0.5, 0.6) is 0 Å². The molecule has 0 aromatic carbocycles. The first kappa shape index (κ1) is 21.8. The van der Waals surface area contributed by atoms with Crippen LogP contribution in [0.1, 0.15) is 28.8 Å². The molecule has 0 unspecified atom stereocenters. The van der Waals surface area contributed by atoms with Gasteiger partial charge in [-0.2, -0.15) is 4.39 Å². The van der Waals surface area contributed by atoms with Gasteiger partial charge in [-0.15, -0.1) is 0 Å². The molecule has 32 heavy (non-hydrogen) atoms. The van der Waals surface area contributed by atoms with Gasteiger partial charge in [-0.25, -0.2) is 14.4 Å². The molecule has 2 N–H and O–H groups in total. The minimum Gasteiger partial charge on any atom is -0.365 e. The van der Waals surface area contributed by atoms with Crippen LogP contribution in [0, 0.1) is 11.8 Å². The monoisotopic (exact) mass is 443 g/mol. The summed E-state index contributed by atoms with van der Waals surface area (Å²) in [6, 6.07) is 3.03. The summed E-state index contributed by atoms with van der Waals surface area (Å²) in [5.74, 6) is -1.74. The van der Waals surface area contributed by atoms with Crippen molar-refractivity contribution in [1.82, 2.24) is 30.2 Å². The third-order valence-electron chi connectivity index (χ3n) is 5.54. The highest BCUT2D eigenvalue weighted by atomic mass is 19.1. The highest BCUT2D eigenvalue weighted by Crippen LogP contribution is 2.21. The van der Waals surface area contributed by atoms with E-state index in [1.54, 1.807) is 13.0 Å². The molecule has 1 aliphatic rings. The van der Waals surface area contributed by atoms with Crippen molar-refractivity contribution in [3.63, 3.8) is 0 Å². The largest absolute Gasteiger partial charge is 0.365 e. The number of aromatic nitrogens is 4. The van der Waals surface area contributed by atoms with Crippen LogP contribution in [0.2, 0.25) is 0 Å². The average molecular weight is 443 g/mol. The Morgan fingerprint density at radius 2 is 1.91 bits per heavy atom. The first-order valence-electron chi connectivity index (χ1n) is 10.3. The van der Waals surface area contributed by atoms with Gasteiger partial charge in [0.25, 0.3) is 11.5 Å². The van der Waals surface area contributed by atoms with Crippen LogP contribution in [-0.4, -0.2) is 64.0 Å². The van der Waals surface area contributed by atoms with Crippen molar-refractivity contribution >= 4 is 22.6 Å². The van der Waals surface area contributed by atoms with Gasteiger partial charge in [0, 0.05) is 39.8 Å². The Balaban J connectivity index is 1.45. The fraction of sp³-hybridized carbons (Fsp3) is 0.381. The number of rotatable bonds is 5. The van der Waals surface area contributed by atoms with Crippen LogP contribution in [0.25, 0.3) is 11.0 Å². The van der Waals surface area contributed by atoms with E-state index < -0.39 is 23.2 Å². The first-order valence-corrected chi connectivity index (χ1v) is 10.3. The van der Waals surface area contributed by atoms with E-state index in [9.17, 15) is 18.4 Å². The molecule has 11 heteroatoms. The Labute approximate surface area is 182 Å². The lowest BCUT2D eigenvalue weighted by molar-refractivity contribution is 0.0957. The molecule has 0 atom stereocenters. The minimum absolute atomic E-state index is 0.0174. The van der Waals surface area contributed by atoms with Gasteiger partial charge in [0.05, 0.1) is 17.6 Å². The predicted octanol–water partition coefficient (Wildman–Crippen LogP) is 1.24. The molecule has 3 aromatic rings. The van der Waals surface area contributed by atoms with E-state index in [4.69, 9.17) is 0 Å². The van der Waals surface area contributed by atoms with Crippen LogP contribution < -0.4 is 15.8 Å². The molecule has 4 heterocycles. The summed E-state index contributed by atoms with van der Waals surface area (Å²) in [5.41, 5.74) is 0.869. The van der Waals surface area contributed by atoms with Crippen molar-refractivity contribution in [2.45, 2.75) is 19.9 Å². The summed E-state index contributed by atoms with van der Waals surface area (Å²) < 4.78 is 29.4. The molecule has 0 bridgehead atoms. The van der Waals surface area contributed by atoms with Crippen molar-refractivity contribution in [2.24, 2.45) is 0 Å². The SMILES string of the molecule is CCc1nc2cnc(CN3CCN(c4ccc(C(=O)NC)nc4F)CC3)c(F)c2[nH]c1=O. The number of nitrogens with one attached hydrogen (secondary N) is 2. The molecule has 1 fully saturated rings. The fourth-order valence-electron chi connectivity index (χ4n) is 3.73. The molecule has 168 valence electrons. The number of fused-ring (bicyclic) bond motifs is 1. The second-order valence-electron chi connectivity index (χ2n) is 7.49. The van der Waals surface area contributed by atoms with Gasteiger partial charge in [0.1, 0.15) is 22.4 Å². The lowest BCUT2D eigenvalue weighted by Crippen LogP contribution is -2.46. The fourth-order valence-corrected chi connectivity index (χ4v) is 3.73. The molecule has 1 amide bonds. The Bertz CT molecular complexity index is 1220. The summed E-state index contributed by atoms with van der Waals surface area (Å²) in [6.45, 7) is 4.18. The summed E-state index contributed by atoms with van der Waals surface area (Å²) in [6.07, 6.45) is 1.91. The van der Waals surface area contributed by atoms with Gasteiger partial charge in [-0.05, 0) is 18.6 Å². The highest BCUT2D eigenvalue weighted by molar-refractivity contribution is 5.92. The normalized spacial score (nSPS) is 14.7. The Kier molecular flexibility index (Phi) is 6.08. The molecule has 0 aliphatic carbocycles. The van der Waals surface area contributed by atoms with E-state index in [0.29, 0.717) is 49.5 Å². The number of anilines is 1. The van der Waals surface area contributed by atoms with E-state index >= 15 is 0 Å². The zero-order valence-corrected chi connectivity index (χ0v) is 17.8. The van der Waals surface area contributed by atoms with Crippen molar-refractivity contribution in [1.29, 1.82) is 0 Å². The molecular formula is C21H23F2N7O2. The van der Waals surface area contributed by atoms with Gasteiger partial charge >= 0.3 is 0 Å². The molecule has 1 aliphatic heterocycles. The average Bonchev–Trinajstić information content (AvgIpc) is 2.81. The van der Waals surface area contributed by atoms with E-state index in [1.807, 2.05) is 9.80 Å². The van der Waals surface area contributed by atoms with E-state index in [0.717, 1.165) is 0 Å². The number of nitrogens with zero attached hydrogens (tertiary/aromatic N) is 5. The van der Waals surface area contributed by atoms with Crippen molar-refractivity contribution in [3.8, 4) is 0 Å². The Morgan fingerprint density at radius 1 is 1.16 bits per heavy atom. The lowest BCUT2D eigenvalue weighted by atomic mass is 10.2. The zero-order valence-electron chi connectivity index (χ0n) is 17.8. The van der Waals surface area contributed by atoms with Crippen LogP contribution >= 0.6 is 0 Å². The molecule has 1 saturated heterocycles. The number of aryl methyl sites for hydroxylation is 1. The van der Waals surface area contributed by atoms with Gasteiger partial charge in [-0.1, -0.05) is 6.92 Å².